The molecule has 2 N–H and O–H groups in total. The largest absolute Gasteiger partial charge is 0.496 e. The number of halogens is 3. The zero-order valence-corrected chi connectivity index (χ0v) is 13.7. The second-order valence-electron chi connectivity index (χ2n) is 5.33. The maximum Gasteiger partial charge on any atom is 0.418 e. The Balaban J connectivity index is 1.84. The highest BCUT2D eigenvalue weighted by Gasteiger charge is 2.33. The summed E-state index contributed by atoms with van der Waals surface area (Å²) in [5.41, 5.74) is -0.150. The number of rotatable bonds is 7. The number of carbonyl (C=O) groups excluding carboxylic acids is 1. The summed E-state index contributed by atoms with van der Waals surface area (Å²) in [6.45, 7) is 0.828. The van der Waals surface area contributed by atoms with E-state index in [9.17, 15) is 18.0 Å². The summed E-state index contributed by atoms with van der Waals surface area (Å²) in [5.74, 6) is 0.253. The van der Waals surface area contributed by atoms with Gasteiger partial charge in [0.1, 0.15) is 5.75 Å². The Hall–Kier alpha value is -2.54. The number of ether oxygens (including phenoxy) is 1. The highest BCUT2D eigenvalue weighted by Crippen LogP contribution is 2.34. The fourth-order valence-corrected chi connectivity index (χ4v) is 2.33. The van der Waals surface area contributed by atoms with Crippen molar-refractivity contribution in [3.63, 3.8) is 0 Å². The molecule has 2 rings (SSSR count). The predicted octanol–water partition coefficient (Wildman–Crippen LogP) is 3.83. The quantitative estimate of drug-likeness (QED) is 0.745. The minimum Gasteiger partial charge on any atom is -0.496 e. The Labute approximate surface area is 144 Å². The van der Waals surface area contributed by atoms with Crippen molar-refractivity contribution in [3.8, 4) is 5.75 Å². The van der Waals surface area contributed by atoms with Crippen LogP contribution in [-0.4, -0.2) is 19.6 Å². The molecule has 2 aromatic rings. The maximum absolute atomic E-state index is 12.9. The Morgan fingerprint density at radius 1 is 1.08 bits per heavy atom. The SMILES string of the molecule is COc1ccccc1CNCCC(=O)Nc1ccccc1C(F)(F)F. The molecule has 25 heavy (non-hydrogen) atoms. The topological polar surface area (TPSA) is 50.4 Å². The molecule has 0 fully saturated rings. The second kappa shape index (κ2) is 8.53. The number of amides is 1. The summed E-state index contributed by atoms with van der Waals surface area (Å²) in [4.78, 5) is 11.9. The first-order valence-electron chi connectivity index (χ1n) is 7.70. The van der Waals surface area contributed by atoms with Crippen molar-refractivity contribution in [1.29, 1.82) is 0 Å². The number of benzene rings is 2. The molecule has 0 saturated heterocycles. The van der Waals surface area contributed by atoms with Crippen molar-refractivity contribution in [2.45, 2.75) is 19.1 Å². The molecule has 0 aromatic heterocycles. The molecule has 1 amide bonds. The summed E-state index contributed by atoms with van der Waals surface area (Å²) in [5, 5.41) is 5.39. The van der Waals surface area contributed by atoms with Crippen LogP contribution in [0.4, 0.5) is 18.9 Å². The summed E-state index contributed by atoms with van der Waals surface area (Å²) >= 11 is 0. The van der Waals surface area contributed by atoms with E-state index >= 15 is 0 Å². The van der Waals surface area contributed by atoms with Crippen molar-refractivity contribution >= 4 is 11.6 Å². The molecule has 0 bridgehead atoms. The molecular formula is C18H19F3N2O2. The van der Waals surface area contributed by atoms with Crippen molar-refractivity contribution in [2.75, 3.05) is 19.0 Å². The maximum atomic E-state index is 12.9. The third-order valence-corrected chi connectivity index (χ3v) is 3.54. The summed E-state index contributed by atoms with van der Waals surface area (Å²) < 4.78 is 43.9. The third-order valence-electron chi connectivity index (χ3n) is 3.54. The normalized spacial score (nSPS) is 11.2. The van der Waals surface area contributed by atoms with Crippen LogP contribution in [0.1, 0.15) is 17.5 Å². The Morgan fingerprint density at radius 3 is 2.48 bits per heavy atom. The number of nitrogens with one attached hydrogen (secondary N) is 2. The molecule has 2 aromatic carbocycles. The Kier molecular flexibility index (Phi) is 6.41. The fraction of sp³-hybridized carbons (Fsp3) is 0.278. The summed E-state index contributed by atoms with van der Waals surface area (Å²) in [6, 6.07) is 12.4. The van der Waals surface area contributed by atoms with Crippen molar-refractivity contribution in [1.82, 2.24) is 5.32 Å². The Morgan fingerprint density at radius 2 is 1.76 bits per heavy atom. The van der Waals surface area contributed by atoms with Gasteiger partial charge in [-0.05, 0) is 18.2 Å². The standard InChI is InChI=1S/C18H19F3N2O2/c1-25-16-9-5-2-6-13(16)12-22-11-10-17(24)23-15-8-4-3-7-14(15)18(19,20)21/h2-9,22H,10-12H2,1H3,(H,23,24). The van der Waals surface area contributed by atoms with Crippen LogP contribution in [0.15, 0.2) is 48.5 Å². The van der Waals surface area contributed by atoms with Gasteiger partial charge in [-0.25, -0.2) is 0 Å². The van der Waals surface area contributed by atoms with Crippen LogP contribution in [0.5, 0.6) is 5.75 Å². The van der Waals surface area contributed by atoms with Gasteiger partial charge in [0.15, 0.2) is 0 Å². The zero-order chi connectivity index (χ0) is 18.3. The van der Waals surface area contributed by atoms with Gasteiger partial charge in [-0.15, -0.1) is 0 Å². The van der Waals surface area contributed by atoms with Gasteiger partial charge in [-0.2, -0.15) is 13.2 Å². The van der Waals surface area contributed by atoms with Crippen molar-refractivity contribution in [2.24, 2.45) is 0 Å². The van der Waals surface area contributed by atoms with Gasteiger partial charge < -0.3 is 15.4 Å². The van der Waals surface area contributed by atoms with Crippen molar-refractivity contribution in [3.05, 3.63) is 59.7 Å². The average Bonchev–Trinajstić information content (AvgIpc) is 2.58. The van der Waals surface area contributed by atoms with Gasteiger partial charge >= 0.3 is 6.18 Å². The van der Waals surface area contributed by atoms with E-state index in [1.54, 1.807) is 7.11 Å². The van der Waals surface area contributed by atoms with E-state index < -0.39 is 17.6 Å². The van der Waals surface area contributed by atoms with Gasteiger partial charge in [-0.3, -0.25) is 4.79 Å². The highest BCUT2D eigenvalue weighted by atomic mass is 19.4. The number of methoxy groups -OCH3 is 1. The number of carbonyl (C=O) groups is 1. The molecule has 0 saturated carbocycles. The number of hydrogen-bond acceptors (Lipinski definition) is 3. The molecule has 0 aliphatic carbocycles. The number of hydrogen-bond donors (Lipinski definition) is 2. The minimum atomic E-state index is -4.51. The van der Waals surface area contributed by atoms with Crippen molar-refractivity contribution < 1.29 is 22.7 Å². The lowest BCUT2D eigenvalue weighted by Crippen LogP contribution is -2.22. The average molecular weight is 352 g/mol. The van der Waals surface area contributed by atoms with E-state index in [-0.39, 0.29) is 12.1 Å². The van der Waals surface area contributed by atoms with E-state index in [0.717, 1.165) is 17.4 Å². The summed E-state index contributed by atoms with van der Waals surface area (Å²) in [7, 11) is 1.57. The molecular weight excluding hydrogens is 333 g/mol. The summed E-state index contributed by atoms with van der Waals surface area (Å²) in [6.07, 6.45) is -4.45. The molecule has 4 nitrogen and oxygen atoms in total. The van der Waals surface area contributed by atoms with E-state index in [1.807, 2.05) is 24.3 Å². The number of anilines is 1. The molecule has 0 unspecified atom stereocenters. The molecule has 0 heterocycles. The lowest BCUT2D eigenvalue weighted by molar-refractivity contribution is -0.137. The first kappa shape index (κ1) is 18.8. The van der Waals surface area contributed by atoms with E-state index in [2.05, 4.69) is 10.6 Å². The van der Waals surface area contributed by atoms with Crippen LogP contribution in [0.2, 0.25) is 0 Å². The first-order chi connectivity index (χ1) is 11.9. The monoisotopic (exact) mass is 352 g/mol. The zero-order valence-electron chi connectivity index (χ0n) is 13.7. The highest BCUT2D eigenvalue weighted by molar-refractivity contribution is 5.91. The lowest BCUT2D eigenvalue weighted by atomic mass is 10.1. The lowest BCUT2D eigenvalue weighted by Gasteiger charge is -2.13. The molecule has 0 aliphatic heterocycles. The van der Waals surface area contributed by atoms with Gasteiger partial charge in [0.25, 0.3) is 0 Å². The van der Waals surface area contributed by atoms with E-state index in [0.29, 0.717) is 13.1 Å². The van der Waals surface area contributed by atoms with Crippen LogP contribution in [0.25, 0.3) is 0 Å². The van der Waals surface area contributed by atoms with Crippen LogP contribution in [-0.2, 0) is 17.5 Å². The third kappa shape index (κ3) is 5.49. The van der Waals surface area contributed by atoms with Gasteiger partial charge in [0, 0.05) is 25.1 Å². The molecule has 0 radical (unpaired) electrons. The second-order valence-corrected chi connectivity index (χ2v) is 5.33. The van der Waals surface area contributed by atoms with Crippen LogP contribution >= 0.6 is 0 Å². The van der Waals surface area contributed by atoms with E-state index in [4.69, 9.17) is 4.74 Å². The van der Waals surface area contributed by atoms with Crippen LogP contribution in [0, 0.1) is 0 Å². The number of para-hydroxylation sites is 2. The van der Waals surface area contributed by atoms with Crippen LogP contribution in [0.3, 0.4) is 0 Å². The molecule has 7 heteroatoms. The molecule has 0 atom stereocenters. The molecule has 0 spiro atoms. The van der Waals surface area contributed by atoms with Gasteiger partial charge in [-0.1, -0.05) is 30.3 Å². The first-order valence-corrected chi connectivity index (χ1v) is 7.70. The van der Waals surface area contributed by atoms with Gasteiger partial charge in [0.05, 0.1) is 18.4 Å². The van der Waals surface area contributed by atoms with Crippen LogP contribution < -0.4 is 15.4 Å². The van der Waals surface area contributed by atoms with E-state index in [1.165, 1.54) is 18.2 Å². The smallest absolute Gasteiger partial charge is 0.418 e. The Bertz CT molecular complexity index is 717. The minimum absolute atomic E-state index is 0.0569. The number of alkyl halides is 3. The fourth-order valence-electron chi connectivity index (χ4n) is 2.33. The molecule has 134 valence electrons. The molecule has 0 aliphatic rings. The van der Waals surface area contributed by atoms with Gasteiger partial charge in [0.2, 0.25) is 5.91 Å². The predicted molar refractivity (Wildman–Crippen MR) is 89.4 cm³/mol.